The predicted molar refractivity (Wildman–Crippen MR) is 126 cm³/mol. The number of fused-ring (bicyclic) bond motifs is 1. The third kappa shape index (κ3) is 5.04. The molecule has 0 spiro atoms. The van der Waals surface area contributed by atoms with Gasteiger partial charge in [0.15, 0.2) is 0 Å². The summed E-state index contributed by atoms with van der Waals surface area (Å²) in [7, 11) is -3.59. The van der Waals surface area contributed by atoms with Gasteiger partial charge in [0.25, 0.3) is 0 Å². The molecule has 1 heterocycles. The lowest BCUT2D eigenvalue weighted by Crippen LogP contribution is -2.44. The van der Waals surface area contributed by atoms with Crippen LogP contribution in [0.2, 0.25) is 10.0 Å². The second-order valence-corrected chi connectivity index (χ2v) is 10.5. The normalized spacial score (nSPS) is 17.5. The van der Waals surface area contributed by atoms with E-state index in [4.69, 9.17) is 23.2 Å². The van der Waals surface area contributed by atoms with Crippen LogP contribution in [0.25, 0.3) is 10.8 Å². The molecule has 0 aromatic heterocycles. The van der Waals surface area contributed by atoms with Crippen molar-refractivity contribution in [1.29, 1.82) is 0 Å². The molecule has 4 rings (SSSR count). The summed E-state index contributed by atoms with van der Waals surface area (Å²) >= 11 is 11.9. The Morgan fingerprint density at radius 3 is 2.61 bits per heavy atom. The molecule has 0 radical (unpaired) electrons. The summed E-state index contributed by atoms with van der Waals surface area (Å²) in [4.78, 5) is 13.0. The van der Waals surface area contributed by atoms with Crippen molar-refractivity contribution in [2.24, 2.45) is 5.92 Å². The van der Waals surface area contributed by atoms with E-state index in [1.165, 1.54) is 4.31 Å². The largest absolute Gasteiger partial charge is 0.325 e. The highest BCUT2D eigenvalue weighted by Gasteiger charge is 2.32. The van der Waals surface area contributed by atoms with E-state index in [2.05, 4.69) is 5.32 Å². The molecule has 31 heavy (non-hydrogen) atoms. The molecule has 1 amide bonds. The fraction of sp³-hybridized carbons (Fsp3) is 0.261. The standard InChI is InChI=1S/C23H22Cl2N2O3S/c24-20-11-10-16(13-21(20)25)15-31(29,30)27-12-4-7-18(14-27)23(28)26-22-9-3-6-17-5-1-2-8-19(17)22/h1-3,5-6,8-11,13,18H,4,7,12,14-15H2,(H,26,28)/t18-/m0/s1. The van der Waals surface area contributed by atoms with Crippen molar-refractivity contribution < 1.29 is 13.2 Å². The summed E-state index contributed by atoms with van der Waals surface area (Å²) in [5.41, 5.74) is 1.30. The molecule has 0 saturated carbocycles. The number of nitrogens with one attached hydrogen (secondary N) is 1. The molecule has 3 aromatic rings. The van der Waals surface area contributed by atoms with Crippen LogP contribution in [0.4, 0.5) is 5.69 Å². The second kappa shape index (κ2) is 9.17. The lowest BCUT2D eigenvalue weighted by Gasteiger charge is -2.31. The lowest BCUT2D eigenvalue weighted by atomic mass is 9.98. The van der Waals surface area contributed by atoms with E-state index in [0.29, 0.717) is 35.0 Å². The van der Waals surface area contributed by atoms with Crippen molar-refractivity contribution in [3.8, 4) is 0 Å². The van der Waals surface area contributed by atoms with Crippen molar-refractivity contribution in [2.75, 3.05) is 18.4 Å². The number of hydrogen-bond acceptors (Lipinski definition) is 3. The third-order valence-electron chi connectivity index (χ3n) is 5.53. The maximum Gasteiger partial charge on any atom is 0.228 e. The van der Waals surface area contributed by atoms with Gasteiger partial charge in [-0.1, -0.05) is 65.7 Å². The third-order valence-corrected chi connectivity index (χ3v) is 8.08. The molecule has 5 nitrogen and oxygen atoms in total. The molecule has 8 heteroatoms. The minimum Gasteiger partial charge on any atom is -0.325 e. The van der Waals surface area contributed by atoms with E-state index in [0.717, 1.165) is 16.5 Å². The number of rotatable bonds is 5. The summed E-state index contributed by atoms with van der Waals surface area (Å²) in [5.74, 6) is -0.747. The second-order valence-electron chi connectivity index (χ2n) is 7.72. The zero-order chi connectivity index (χ0) is 22.0. The highest BCUT2D eigenvalue weighted by molar-refractivity contribution is 7.88. The summed E-state index contributed by atoms with van der Waals surface area (Å²) in [6.45, 7) is 0.571. The van der Waals surface area contributed by atoms with E-state index in [-0.39, 0.29) is 18.2 Å². The number of halogens is 2. The number of carbonyl (C=O) groups excluding carboxylic acids is 1. The van der Waals surface area contributed by atoms with Gasteiger partial charge in [0, 0.05) is 24.2 Å². The Morgan fingerprint density at radius 2 is 1.81 bits per heavy atom. The van der Waals surface area contributed by atoms with E-state index in [1.54, 1.807) is 18.2 Å². The van der Waals surface area contributed by atoms with Crippen LogP contribution in [0, 0.1) is 5.92 Å². The average molecular weight is 477 g/mol. The summed E-state index contributed by atoms with van der Waals surface area (Å²) in [5, 5.41) is 5.69. The minimum absolute atomic E-state index is 0.161. The highest BCUT2D eigenvalue weighted by Crippen LogP contribution is 2.28. The molecule has 0 unspecified atom stereocenters. The lowest BCUT2D eigenvalue weighted by molar-refractivity contribution is -0.120. The molecule has 1 saturated heterocycles. The quantitative estimate of drug-likeness (QED) is 0.541. The molecule has 3 aromatic carbocycles. The van der Waals surface area contributed by atoms with Gasteiger partial charge in [0.2, 0.25) is 15.9 Å². The maximum atomic E-state index is 13.0. The number of nitrogens with zero attached hydrogens (tertiary/aromatic N) is 1. The monoisotopic (exact) mass is 476 g/mol. The van der Waals surface area contributed by atoms with Crippen molar-refractivity contribution in [2.45, 2.75) is 18.6 Å². The first-order chi connectivity index (χ1) is 14.8. The van der Waals surface area contributed by atoms with Crippen molar-refractivity contribution in [1.82, 2.24) is 4.31 Å². The SMILES string of the molecule is O=C(Nc1cccc2ccccc12)[C@H]1CCCN(S(=O)(=O)Cc2ccc(Cl)c(Cl)c2)C1. The van der Waals surface area contributed by atoms with Gasteiger partial charge in [-0.2, -0.15) is 0 Å². The van der Waals surface area contributed by atoms with E-state index >= 15 is 0 Å². The Hall–Kier alpha value is -2.12. The molecule has 0 aliphatic carbocycles. The van der Waals surface area contributed by atoms with Crippen LogP contribution in [0.1, 0.15) is 18.4 Å². The smallest absolute Gasteiger partial charge is 0.228 e. The predicted octanol–water partition coefficient (Wildman–Crippen LogP) is 5.33. The van der Waals surface area contributed by atoms with Gasteiger partial charge in [-0.3, -0.25) is 4.79 Å². The molecular formula is C23H22Cl2N2O3S. The van der Waals surface area contributed by atoms with Crippen LogP contribution < -0.4 is 5.32 Å². The Kier molecular flexibility index (Phi) is 6.53. The van der Waals surface area contributed by atoms with Gasteiger partial charge in [-0.05, 0) is 42.0 Å². The minimum atomic E-state index is -3.59. The number of carbonyl (C=O) groups is 1. The maximum absolute atomic E-state index is 13.0. The first-order valence-corrected chi connectivity index (χ1v) is 12.4. The number of sulfonamides is 1. The number of anilines is 1. The summed E-state index contributed by atoms with van der Waals surface area (Å²) in [6.07, 6.45) is 1.28. The molecule has 1 fully saturated rings. The van der Waals surface area contributed by atoms with E-state index in [1.807, 2.05) is 42.5 Å². The first kappa shape index (κ1) is 22.1. The molecule has 1 aliphatic heterocycles. The molecule has 1 aliphatic rings. The number of piperidine rings is 1. The molecule has 0 bridgehead atoms. The van der Waals surface area contributed by atoms with E-state index < -0.39 is 15.9 Å². The molecule has 162 valence electrons. The van der Waals surface area contributed by atoms with Crippen LogP contribution in [0.15, 0.2) is 60.7 Å². The topological polar surface area (TPSA) is 66.5 Å². The zero-order valence-electron chi connectivity index (χ0n) is 16.7. The molecule has 1 N–H and O–H groups in total. The number of benzene rings is 3. The van der Waals surface area contributed by atoms with E-state index in [9.17, 15) is 13.2 Å². The summed E-state index contributed by atoms with van der Waals surface area (Å²) in [6, 6.07) is 18.4. The van der Waals surface area contributed by atoms with Crippen LogP contribution in [-0.2, 0) is 20.6 Å². The van der Waals surface area contributed by atoms with Crippen LogP contribution in [0.3, 0.4) is 0 Å². The Balaban J connectivity index is 1.47. The Bertz CT molecular complexity index is 1230. The van der Waals surface area contributed by atoms with Gasteiger partial charge in [0.1, 0.15) is 0 Å². The Labute approximate surface area is 192 Å². The van der Waals surface area contributed by atoms with Gasteiger partial charge in [-0.25, -0.2) is 12.7 Å². The highest BCUT2D eigenvalue weighted by atomic mass is 35.5. The van der Waals surface area contributed by atoms with Crippen LogP contribution in [-0.4, -0.2) is 31.7 Å². The average Bonchev–Trinajstić information content (AvgIpc) is 2.76. The van der Waals surface area contributed by atoms with Crippen molar-refractivity contribution in [3.05, 3.63) is 76.3 Å². The van der Waals surface area contributed by atoms with Gasteiger partial charge >= 0.3 is 0 Å². The van der Waals surface area contributed by atoms with Gasteiger partial charge < -0.3 is 5.32 Å². The number of hydrogen-bond donors (Lipinski definition) is 1. The number of amides is 1. The first-order valence-electron chi connectivity index (χ1n) is 10.0. The fourth-order valence-electron chi connectivity index (χ4n) is 3.91. The van der Waals surface area contributed by atoms with Gasteiger partial charge in [0.05, 0.1) is 21.7 Å². The zero-order valence-corrected chi connectivity index (χ0v) is 19.1. The summed E-state index contributed by atoms with van der Waals surface area (Å²) < 4.78 is 27.4. The Morgan fingerprint density at radius 1 is 1.03 bits per heavy atom. The van der Waals surface area contributed by atoms with Crippen molar-refractivity contribution >= 4 is 55.6 Å². The van der Waals surface area contributed by atoms with Crippen LogP contribution >= 0.6 is 23.2 Å². The molecular weight excluding hydrogens is 455 g/mol. The van der Waals surface area contributed by atoms with Crippen LogP contribution in [0.5, 0.6) is 0 Å². The van der Waals surface area contributed by atoms with Crippen molar-refractivity contribution in [3.63, 3.8) is 0 Å². The molecule has 1 atom stereocenters. The fourth-order valence-corrected chi connectivity index (χ4v) is 5.83. The van der Waals surface area contributed by atoms with Gasteiger partial charge in [-0.15, -0.1) is 0 Å².